The molecule has 10 aromatic rings. The van der Waals surface area contributed by atoms with Gasteiger partial charge in [0.25, 0.3) is 0 Å². The van der Waals surface area contributed by atoms with Crippen LogP contribution in [0.3, 0.4) is 0 Å². The van der Waals surface area contributed by atoms with E-state index in [-0.39, 0.29) is 0 Å². The Kier molecular flexibility index (Phi) is 6.99. The van der Waals surface area contributed by atoms with Crippen molar-refractivity contribution in [3.05, 3.63) is 176 Å². The Bertz CT molecular complexity index is 3130. The molecular formula is C49H29N4Se. The molecule has 0 saturated heterocycles. The summed E-state index contributed by atoms with van der Waals surface area (Å²) < 4.78 is 3.51. The molecule has 4 nitrogen and oxygen atoms in total. The van der Waals surface area contributed by atoms with Gasteiger partial charge in [-0.05, 0) is 45.2 Å². The van der Waals surface area contributed by atoms with Crippen LogP contribution < -0.4 is 4.46 Å². The minimum atomic E-state index is 0.625. The summed E-state index contributed by atoms with van der Waals surface area (Å²) >= 11 is 3.21. The van der Waals surface area contributed by atoms with Gasteiger partial charge in [-0.1, -0.05) is 60.7 Å². The zero-order valence-corrected chi connectivity index (χ0v) is 30.7. The van der Waals surface area contributed by atoms with Crippen LogP contribution in [0.5, 0.6) is 0 Å². The van der Waals surface area contributed by atoms with E-state index in [1.165, 1.54) is 54.8 Å². The Morgan fingerprint density at radius 3 is 1.65 bits per heavy atom. The molecule has 0 aliphatic heterocycles. The molecule has 2 heterocycles. The van der Waals surface area contributed by atoms with E-state index in [9.17, 15) is 0 Å². The Morgan fingerprint density at radius 1 is 0.352 bits per heavy atom. The zero-order valence-electron chi connectivity index (χ0n) is 28.9. The van der Waals surface area contributed by atoms with E-state index in [0.29, 0.717) is 17.5 Å². The summed E-state index contributed by atoms with van der Waals surface area (Å²) in [6, 6.07) is 62.3. The molecule has 0 bridgehead atoms. The van der Waals surface area contributed by atoms with Gasteiger partial charge in [0.05, 0.1) is 11.0 Å². The molecule has 11 rings (SSSR count). The summed E-state index contributed by atoms with van der Waals surface area (Å²) in [6.45, 7) is 0. The van der Waals surface area contributed by atoms with Gasteiger partial charge < -0.3 is 0 Å². The molecule has 0 N–H and O–H groups in total. The summed E-state index contributed by atoms with van der Waals surface area (Å²) in [6.07, 6.45) is 0. The molecule has 54 heavy (non-hydrogen) atoms. The summed E-state index contributed by atoms with van der Waals surface area (Å²) in [4.78, 5) is 15.3. The molecule has 1 aliphatic rings. The van der Waals surface area contributed by atoms with E-state index in [0.717, 1.165) is 38.0 Å². The van der Waals surface area contributed by atoms with Crippen molar-refractivity contribution >= 4 is 53.1 Å². The number of aromatic nitrogens is 4. The van der Waals surface area contributed by atoms with Crippen molar-refractivity contribution in [2.24, 2.45) is 0 Å². The standard InChI is InChI=1S/C49H29N4Se/c54-43-25-7-6-19-36(43)32-15-8-16-33(28-32)48-50-47(31-12-2-1-3-13-31)51-49(52-48)34-17-9-18-35(29-34)53-41-24-11-23-40-38-21-5-4-20-37(38)39-22-10-14-30-26-27-42(53)46(44(30)39)45(40)41/h1-29H. The fourth-order valence-corrected chi connectivity index (χ4v) is 8.83. The van der Waals surface area contributed by atoms with Crippen LogP contribution in [0, 0.1) is 0 Å². The summed E-state index contributed by atoms with van der Waals surface area (Å²) in [5, 5.41) is 5.11. The summed E-state index contributed by atoms with van der Waals surface area (Å²) in [5.74, 6) is 1.89. The van der Waals surface area contributed by atoms with Crippen molar-refractivity contribution < 1.29 is 0 Å². The van der Waals surface area contributed by atoms with Crippen LogP contribution in [0.25, 0.3) is 106 Å². The number of nitrogens with zero attached hydrogens (tertiary/aromatic N) is 4. The molecule has 1 aliphatic carbocycles. The first-order valence-electron chi connectivity index (χ1n) is 18.1. The summed E-state index contributed by atoms with van der Waals surface area (Å²) in [5.41, 5.74) is 13.5. The first kappa shape index (κ1) is 30.9. The molecule has 5 heteroatoms. The van der Waals surface area contributed by atoms with Crippen LogP contribution in [0.2, 0.25) is 0 Å². The third-order valence-corrected chi connectivity index (χ3v) is 11.4. The Morgan fingerprint density at radius 2 is 0.889 bits per heavy atom. The second-order valence-electron chi connectivity index (χ2n) is 13.7. The molecular weight excluding hydrogens is 724 g/mol. The van der Waals surface area contributed by atoms with Crippen molar-refractivity contribution in [3.8, 4) is 73.2 Å². The Balaban J connectivity index is 1.13. The van der Waals surface area contributed by atoms with Gasteiger partial charge >= 0.3 is 194 Å². The predicted octanol–water partition coefficient (Wildman–Crippen LogP) is 11.2. The maximum atomic E-state index is 5.17. The fourth-order valence-electron chi connectivity index (χ4n) is 8.27. The van der Waals surface area contributed by atoms with Crippen molar-refractivity contribution in [3.63, 3.8) is 0 Å². The van der Waals surface area contributed by atoms with E-state index in [1.807, 2.05) is 24.3 Å². The van der Waals surface area contributed by atoms with Crippen molar-refractivity contribution in [1.29, 1.82) is 0 Å². The van der Waals surface area contributed by atoms with Gasteiger partial charge in [0.2, 0.25) is 0 Å². The minimum absolute atomic E-state index is 0.625. The van der Waals surface area contributed by atoms with Gasteiger partial charge in [-0.3, -0.25) is 0 Å². The number of hydrogen-bond acceptors (Lipinski definition) is 3. The van der Waals surface area contributed by atoms with Crippen LogP contribution >= 0.6 is 0 Å². The molecule has 1 radical (unpaired) electrons. The first-order valence-corrected chi connectivity index (χ1v) is 18.9. The molecule has 0 saturated carbocycles. The molecule has 0 spiro atoms. The van der Waals surface area contributed by atoms with E-state index in [1.54, 1.807) is 0 Å². The quantitative estimate of drug-likeness (QED) is 0.164. The van der Waals surface area contributed by atoms with Gasteiger partial charge in [0, 0.05) is 10.8 Å². The first-order chi connectivity index (χ1) is 26.7. The topological polar surface area (TPSA) is 43.6 Å². The summed E-state index contributed by atoms with van der Waals surface area (Å²) in [7, 11) is 0. The van der Waals surface area contributed by atoms with Gasteiger partial charge in [-0.2, -0.15) is 0 Å². The maximum absolute atomic E-state index is 5.17. The van der Waals surface area contributed by atoms with E-state index in [2.05, 4.69) is 172 Å². The van der Waals surface area contributed by atoms with Gasteiger partial charge in [0.1, 0.15) is 0 Å². The van der Waals surface area contributed by atoms with Crippen LogP contribution in [0.1, 0.15) is 0 Å². The number of rotatable bonds is 5. The second-order valence-corrected chi connectivity index (χ2v) is 14.7. The van der Waals surface area contributed by atoms with Gasteiger partial charge in [0.15, 0.2) is 0 Å². The molecule has 251 valence electrons. The predicted molar refractivity (Wildman–Crippen MR) is 223 cm³/mol. The normalized spacial score (nSPS) is 11.8. The monoisotopic (exact) mass is 753 g/mol. The van der Waals surface area contributed by atoms with E-state index in [4.69, 9.17) is 15.0 Å². The van der Waals surface area contributed by atoms with Crippen molar-refractivity contribution in [2.75, 3.05) is 0 Å². The molecule has 2 aromatic heterocycles. The average molecular weight is 753 g/mol. The van der Waals surface area contributed by atoms with Gasteiger partial charge in [-0.25, -0.2) is 0 Å². The molecule has 0 fully saturated rings. The molecule has 0 unspecified atom stereocenters. The van der Waals surface area contributed by atoms with Crippen LogP contribution in [0.4, 0.5) is 0 Å². The van der Waals surface area contributed by atoms with Crippen LogP contribution in [-0.4, -0.2) is 35.5 Å². The number of fused-ring (bicyclic) bond motifs is 3. The Labute approximate surface area is 320 Å². The van der Waals surface area contributed by atoms with Gasteiger partial charge in [-0.15, -0.1) is 0 Å². The van der Waals surface area contributed by atoms with Crippen LogP contribution in [-0.2, 0) is 0 Å². The zero-order chi connectivity index (χ0) is 35.8. The molecule has 0 atom stereocenters. The third-order valence-electron chi connectivity index (χ3n) is 10.7. The van der Waals surface area contributed by atoms with Crippen molar-refractivity contribution in [1.82, 2.24) is 19.5 Å². The van der Waals surface area contributed by atoms with E-state index >= 15 is 0 Å². The second kappa shape index (κ2) is 12.2. The average Bonchev–Trinajstić information content (AvgIpc) is 3.52. The van der Waals surface area contributed by atoms with Crippen LogP contribution in [0.15, 0.2) is 176 Å². The number of benzene rings is 8. The number of hydrogen-bond donors (Lipinski definition) is 0. The van der Waals surface area contributed by atoms with Crippen molar-refractivity contribution in [2.45, 2.75) is 0 Å². The molecule has 0 amide bonds. The fraction of sp³-hybridized carbons (Fsp3) is 0. The van der Waals surface area contributed by atoms with E-state index < -0.39 is 0 Å². The SMILES string of the molecule is [Se]c1ccccc1-c1cccc(-c2nc(-c3ccccc3)nc(-c3cccc(-n4c5cccc6c5c5c7c(cccc7ccc54)-c4ccccc4-6)c3)n2)c1. The Hall–Kier alpha value is -6.65. The molecule has 8 aromatic carbocycles. The third kappa shape index (κ3) is 4.80.